The van der Waals surface area contributed by atoms with Crippen molar-refractivity contribution in [3.8, 4) is 0 Å². The molecule has 0 saturated carbocycles. The number of hydrogen-bond donors (Lipinski definition) is 2. The van der Waals surface area contributed by atoms with Crippen LogP contribution in [-0.4, -0.2) is 4.98 Å². The number of fused-ring (bicyclic) bond motifs is 1. The number of aromatic nitrogens is 1. The third kappa shape index (κ3) is 1.65. The molecule has 2 heteroatoms. The highest BCUT2D eigenvalue weighted by Crippen LogP contribution is 2.40. The summed E-state index contributed by atoms with van der Waals surface area (Å²) in [6.07, 6.45) is 2.10. The maximum atomic E-state index is 4.84. The van der Waals surface area contributed by atoms with Crippen molar-refractivity contribution in [3.05, 3.63) is 35.5 Å². The molecule has 1 aromatic carbocycles. The smallest absolute Gasteiger partial charge is 0.0460 e. The highest BCUT2D eigenvalue weighted by atomic mass is 32.1. The maximum Gasteiger partial charge on any atom is 0.0460 e. The molecule has 0 spiro atoms. The normalized spacial score (nSPS) is 15.6. The first kappa shape index (κ1) is 11.6. The van der Waals surface area contributed by atoms with E-state index in [1.807, 2.05) is 0 Å². The summed E-state index contributed by atoms with van der Waals surface area (Å²) in [5, 5.41) is 1.33. The van der Waals surface area contributed by atoms with Crippen molar-refractivity contribution in [2.75, 3.05) is 0 Å². The fraction of sp³-hybridized carbons (Fsp3) is 0.429. The molecule has 0 fully saturated rings. The molecule has 0 amide bonds. The van der Waals surface area contributed by atoms with Crippen molar-refractivity contribution in [1.82, 2.24) is 4.98 Å². The summed E-state index contributed by atoms with van der Waals surface area (Å²) in [5.41, 5.74) is 3.82. The minimum absolute atomic E-state index is 0.0929. The molecule has 1 unspecified atom stereocenters. The Morgan fingerprint density at radius 3 is 2.62 bits per heavy atom. The number of rotatable bonds is 2. The van der Waals surface area contributed by atoms with Crippen molar-refractivity contribution < 1.29 is 0 Å². The van der Waals surface area contributed by atoms with Gasteiger partial charge in [0.2, 0.25) is 0 Å². The zero-order chi connectivity index (χ0) is 11.9. The van der Waals surface area contributed by atoms with Crippen LogP contribution in [0.5, 0.6) is 0 Å². The predicted octanol–water partition coefficient (Wildman–Crippen LogP) is 4.28. The van der Waals surface area contributed by atoms with Gasteiger partial charge in [0.1, 0.15) is 0 Å². The molecule has 1 nitrogen and oxygen atoms in total. The number of hydrogen-bond acceptors (Lipinski definition) is 1. The van der Waals surface area contributed by atoms with Gasteiger partial charge in [-0.3, -0.25) is 0 Å². The van der Waals surface area contributed by atoms with Crippen LogP contribution >= 0.6 is 12.6 Å². The quantitative estimate of drug-likeness (QED) is 0.720. The van der Waals surface area contributed by atoms with Gasteiger partial charge in [-0.1, -0.05) is 26.0 Å². The molecular formula is C14H19NS. The minimum atomic E-state index is -0.0929. The van der Waals surface area contributed by atoms with Gasteiger partial charge in [0, 0.05) is 21.8 Å². The van der Waals surface area contributed by atoms with Gasteiger partial charge in [0.15, 0.2) is 0 Å². The third-order valence-electron chi connectivity index (χ3n) is 3.58. The molecule has 2 aromatic rings. The Hall–Kier alpha value is -0.890. The predicted molar refractivity (Wildman–Crippen MR) is 74.2 cm³/mol. The van der Waals surface area contributed by atoms with Crippen LogP contribution in [0.2, 0.25) is 0 Å². The minimum Gasteiger partial charge on any atom is -0.361 e. The summed E-state index contributed by atoms with van der Waals surface area (Å²) in [6.45, 7) is 8.77. The average Bonchev–Trinajstić information content (AvgIpc) is 2.63. The van der Waals surface area contributed by atoms with E-state index in [9.17, 15) is 0 Å². The van der Waals surface area contributed by atoms with E-state index in [1.165, 1.54) is 22.0 Å². The van der Waals surface area contributed by atoms with E-state index in [0.717, 1.165) is 0 Å². The van der Waals surface area contributed by atoms with Crippen LogP contribution in [0, 0.1) is 12.8 Å². The number of H-pyrrole nitrogens is 1. The first-order valence-corrected chi connectivity index (χ1v) is 6.19. The standard InChI is InChI=1S/C14H19NS/c1-9(2)14(4,16)11-8-15-12-7-5-6-10(3)13(11)12/h5-9,15-16H,1-4H3. The van der Waals surface area contributed by atoms with E-state index < -0.39 is 0 Å². The highest BCUT2D eigenvalue weighted by molar-refractivity contribution is 7.81. The second-order valence-electron chi connectivity index (χ2n) is 5.00. The first-order chi connectivity index (χ1) is 7.44. The number of aromatic amines is 1. The van der Waals surface area contributed by atoms with Crippen LogP contribution < -0.4 is 0 Å². The Balaban J connectivity index is 2.71. The molecule has 0 aliphatic heterocycles. The van der Waals surface area contributed by atoms with E-state index >= 15 is 0 Å². The van der Waals surface area contributed by atoms with Crippen LogP contribution in [0.15, 0.2) is 24.4 Å². The summed E-state index contributed by atoms with van der Waals surface area (Å²) < 4.78 is -0.0929. The number of benzene rings is 1. The molecule has 0 bridgehead atoms. The van der Waals surface area contributed by atoms with Crippen molar-refractivity contribution in [3.63, 3.8) is 0 Å². The molecular weight excluding hydrogens is 214 g/mol. The van der Waals surface area contributed by atoms with Crippen LogP contribution in [0.3, 0.4) is 0 Å². The molecule has 2 rings (SSSR count). The molecule has 0 aliphatic carbocycles. The SMILES string of the molecule is Cc1cccc2[nH]cc(C(C)(S)C(C)C)c12. The second kappa shape index (κ2) is 3.85. The lowest BCUT2D eigenvalue weighted by Crippen LogP contribution is -2.21. The lowest BCUT2D eigenvalue weighted by molar-refractivity contribution is 0.493. The fourth-order valence-corrected chi connectivity index (χ4v) is 2.25. The largest absolute Gasteiger partial charge is 0.361 e. The summed E-state index contributed by atoms with van der Waals surface area (Å²) in [4.78, 5) is 3.34. The van der Waals surface area contributed by atoms with Gasteiger partial charge in [0.05, 0.1) is 0 Å². The Kier molecular flexibility index (Phi) is 2.79. The topological polar surface area (TPSA) is 15.8 Å². The zero-order valence-corrected chi connectivity index (χ0v) is 11.2. The van der Waals surface area contributed by atoms with Crippen LogP contribution in [0.4, 0.5) is 0 Å². The van der Waals surface area contributed by atoms with E-state index in [1.54, 1.807) is 0 Å². The first-order valence-electron chi connectivity index (χ1n) is 5.74. The van der Waals surface area contributed by atoms with E-state index in [-0.39, 0.29) is 4.75 Å². The van der Waals surface area contributed by atoms with Crippen molar-refractivity contribution in [2.24, 2.45) is 5.92 Å². The lowest BCUT2D eigenvalue weighted by Gasteiger charge is -2.28. The van der Waals surface area contributed by atoms with Gasteiger partial charge in [-0.25, -0.2) is 0 Å². The molecule has 1 heterocycles. The van der Waals surface area contributed by atoms with Gasteiger partial charge in [-0.15, -0.1) is 0 Å². The molecule has 16 heavy (non-hydrogen) atoms. The molecule has 1 aromatic heterocycles. The number of thiol groups is 1. The Bertz CT molecular complexity index is 508. The maximum absolute atomic E-state index is 4.84. The van der Waals surface area contributed by atoms with Gasteiger partial charge in [0.25, 0.3) is 0 Å². The summed E-state index contributed by atoms with van der Waals surface area (Å²) in [7, 11) is 0. The van der Waals surface area contributed by atoms with Crippen LogP contribution in [-0.2, 0) is 4.75 Å². The summed E-state index contributed by atoms with van der Waals surface area (Å²) in [5.74, 6) is 0.495. The average molecular weight is 233 g/mol. The fourth-order valence-electron chi connectivity index (χ4n) is 2.08. The third-order valence-corrected chi connectivity index (χ3v) is 4.34. The molecule has 0 radical (unpaired) electrons. The molecule has 0 aliphatic rings. The van der Waals surface area contributed by atoms with E-state index in [4.69, 9.17) is 12.6 Å². The van der Waals surface area contributed by atoms with E-state index in [2.05, 4.69) is 57.1 Å². The Labute approximate surface area is 103 Å². The van der Waals surface area contributed by atoms with Crippen LogP contribution in [0.25, 0.3) is 10.9 Å². The molecule has 0 saturated heterocycles. The highest BCUT2D eigenvalue weighted by Gasteiger charge is 2.29. The molecule has 86 valence electrons. The van der Waals surface area contributed by atoms with Crippen molar-refractivity contribution in [1.29, 1.82) is 0 Å². The lowest BCUT2D eigenvalue weighted by atomic mass is 9.88. The van der Waals surface area contributed by atoms with Crippen molar-refractivity contribution in [2.45, 2.75) is 32.4 Å². The van der Waals surface area contributed by atoms with Gasteiger partial charge in [-0.05, 0) is 37.0 Å². The van der Waals surface area contributed by atoms with Gasteiger partial charge < -0.3 is 4.98 Å². The molecule has 1 atom stereocenters. The Morgan fingerprint density at radius 2 is 2.00 bits per heavy atom. The van der Waals surface area contributed by atoms with Crippen LogP contribution in [0.1, 0.15) is 31.9 Å². The number of nitrogens with one attached hydrogen (secondary N) is 1. The summed E-state index contributed by atoms with van der Waals surface area (Å²) >= 11 is 4.84. The van der Waals surface area contributed by atoms with Gasteiger partial charge >= 0.3 is 0 Å². The van der Waals surface area contributed by atoms with E-state index in [0.29, 0.717) is 5.92 Å². The summed E-state index contributed by atoms with van der Waals surface area (Å²) in [6, 6.07) is 6.36. The second-order valence-corrected chi connectivity index (χ2v) is 5.93. The zero-order valence-electron chi connectivity index (χ0n) is 10.3. The van der Waals surface area contributed by atoms with Gasteiger partial charge in [-0.2, -0.15) is 12.6 Å². The monoisotopic (exact) mass is 233 g/mol. The number of aryl methyl sites for hydroxylation is 1. The van der Waals surface area contributed by atoms with Crippen molar-refractivity contribution >= 4 is 23.5 Å². The molecule has 1 N–H and O–H groups in total. The Morgan fingerprint density at radius 1 is 1.31 bits per heavy atom.